The molecule has 246 valence electrons. The molecule has 1 heterocycles. The molecule has 3 aromatic rings. The van der Waals surface area contributed by atoms with E-state index in [0.29, 0.717) is 35.0 Å². The highest BCUT2D eigenvalue weighted by Crippen LogP contribution is 2.34. The molecule has 0 saturated carbocycles. The first kappa shape index (κ1) is 35.6. The van der Waals surface area contributed by atoms with Crippen molar-refractivity contribution in [3.63, 3.8) is 0 Å². The predicted octanol–water partition coefficient (Wildman–Crippen LogP) is 1.23. The number of quaternary nitrogens is 1. The SMILES string of the molecule is [NH3+]C(=O)CN(Cc1ccc2c(c1)OCO2)C(=O)CN(CCO)C(=O)CNC(CO)Cc1cc(I)c(Oc2ccc(O)cc2)c(I)c1. The number of aliphatic hydroxyl groups is 2. The number of hydrogen-bond donors (Lipinski definition) is 5. The van der Waals surface area contributed by atoms with Crippen LogP contribution in [0.1, 0.15) is 11.1 Å². The second kappa shape index (κ2) is 17.1. The number of aliphatic hydroxyl groups excluding tert-OH is 2. The van der Waals surface area contributed by atoms with E-state index in [0.717, 1.165) is 12.7 Å². The van der Waals surface area contributed by atoms with E-state index in [-0.39, 0.29) is 58.5 Å². The van der Waals surface area contributed by atoms with Crippen LogP contribution in [0.4, 0.5) is 0 Å². The van der Waals surface area contributed by atoms with Crippen LogP contribution in [0.25, 0.3) is 0 Å². The van der Waals surface area contributed by atoms with E-state index in [1.54, 1.807) is 42.5 Å². The molecule has 0 fully saturated rings. The Morgan fingerprint density at radius 2 is 1.61 bits per heavy atom. The van der Waals surface area contributed by atoms with Gasteiger partial charge in [0.1, 0.15) is 18.0 Å². The van der Waals surface area contributed by atoms with Crippen molar-refractivity contribution in [3.8, 4) is 28.7 Å². The Balaban J connectivity index is 1.36. The van der Waals surface area contributed by atoms with Crippen LogP contribution >= 0.6 is 45.2 Å². The van der Waals surface area contributed by atoms with Gasteiger partial charge in [-0.25, -0.2) is 4.79 Å². The molecule has 4 rings (SSSR count). The normalized spacial score (nSPS) is 12.5. The summed E-state index contributed by atoms with van der Waals surface area (Å²) in [6, 6.07) is 15.0. The van der Waals surface area contributed by atoms with Crippen LogP contribution in [0.5, 0.6) is 28.7 Å². The summed E-state index contributed by atoms with van der Waals surface area (Å²) in [5.41, 5.74) is 5.00. The Hall–Kier alpha value is -3.23. The standard InChI is InChI=1S/C31H34I2N4O9/c32-24-10-20(11-25(33)31(24)46-23-4-2-22(40)3-5-23)9-21(17-39)35-13-29(42)36(7-8-38)16-30(43)37(15-28(34)41)14-19-1-6-26-27(12-19)45-18-44-26/h1-6,10-12,21,35,38-40H,7-9,13-18H2,(H2,34,41)/p+1. The maximum absolute atomic E-state index is 13.3. The highest BCUT2D eigenvalue weighted by Gasteiger charge is 2.25. The summed E-state index contributed by atoms with van der Waals surface area (Å²) in [6.45, 7) is -1.33. The first-order valence-corrected chi connectivity index (χ1v) is 16.4. The molecule has 1 unspecified atom stereocenters. The third kappa shape index (κ3) is 10.1. The van der Waals surface area contributed by atoms with Gasteiger partial charge in [-0.05, 0) is 111 Å². The number of aromatic hydroxyl groups is 1. The van der Waals surface area contributed by atoms with Crippen molar-refractivity contribution in [2.75, 3.05) is 46.2 Å². The molecule has 0 aliphatic carbocycles. The lowest BCUT2D eigenvalue weighted by molar-refractivity contribution is -0.306. The molecule has 1 aliphatic rings. The lowest BCUT2D eigenvalue weighted by Gasteiger charge is -2.27. The van der Waals surface area contributed by atoms with Crippen molar-refractivity contribution < 1.29 is 49.6 Å². The molecule has 0 bridgehead atoms. The van der Waals surface area contributed by atoms with Gasteiger partial charge in [0.15, 0.2) is 17.2 Å². The molecule has 0 spiro atoms. The molecule has 13 nitrogen and oxygen atoms in total. The van der Waals surface area contributed by atoms with Gasteiger partial charge in [0.2, 0.25) is 18.6 Å². The molecule has 7 N–H and O–H groups in total. The number of carbonyl (C=O) groups is 3. The molecular weight excluding hydrogens is 826 g/mol. The minimum Gasteiger partial charge on any atom is -0.508 e. The Labute approximate surface area is 292 Å². The van der Waals surface area contributed by atoms with Gasteiger partial charge in [0.25, 0.3) is 0 Å². The maximum atomic E-state index is 13.3. The van der Waals surface area contributed by atoms with Crippen LogP contribution in [0.15, 0.2) is 54.6 Å². The van der Waals surface area contributed by atoms with Crippen LogP contribution < -0.4 is 25.3 Å². The summed E-state index contributed by atoms with van der Waals surface area (Å²) < 4.78 is 18.4. The Bertz CT molecular complexity index is 1520. The molecule has 0 aromatic heterocycles. The number of nitrogens with one attached hydrogen (secondary N) is 1. The number of nitrogens with zero attached hydrogens (tertiary/aromatic N) is 2. The second-order valence-electron chi connectivity index (χ2n) is 10.5. The summed E-state index contributed by atoms with van der Waals surface area (Å²) in [5, 5.41) is 32.2. The summed E-state index contributed by atoms with van der Waals surface area (Å²) >= 11 is 4.34. The third-order valence-corrected chi connectivity index (χ3v) is 8.54. The number of benzene rings is 3. The van der Waals surface area contributed by atoms with Crippen molar-refractivity contribution in [1.29, 1.82) is 0 Å². The van der Waals surface area contributed by atoms with E-state index < -0.39 is 23.8 Å². The Morgan fingerprint density at radius 1 is 0.913 bits per heavy atom. The van der Waals surface area contributed by atoms with Crippen molar-refractivity contribution in [3.05, 3.63) is 72.9 Å². The van der Waals surface area contributed by atoms with Crippen molar-refractivity contribution in [2.45, 2.75) is 19.0 Å². The summed E-state index contributed by atoms with van der Waals surface area (Å²) in [5.74, 6) is 1.10. The van der Waals surface area contributed by atoms with E-state index in [2.05, 4.69) is 56.2 Å². The first-order chi connectivity index (χ1) is 22.1. The minimum atomic E-state index is -0.492. The summed E-state index contributed by atoms with van der Waals surface area (Å²) in [6.07, 6.45) is 0.406. The van der Waals surface area contributed by atoms with Crippen molar-refractivity contribution in [1.82, 2.24) is 15.1 Å². The van der Waals surface area contributed by atoms with Crippen LogP contribution in [0, 0.1) is 7.14 Å². The number of halogens is 2. The zero-order valence-corrected chi connectivity index (χ0v) is 29.1. The van der Waals surface area contributed by atoms with Crippen LogP contribution in [0.3, 0.4) is 0 Å². The number of phenols is 1. The zero-order valence-electron chi connectivity index (χ0n) is 24.8. The van der Waals surface area contributed by atoms with Crippen LogP contribution in [-0.4, -0.2) is 95.1 Å². The van der Waals surface area contributed by atoms with Gasteiger partial charge in [-0.3, -0.25) is 15.3 Å². The van der Waals surface area contributed by atoms with Gasteiger partial charge in [0.05, 0.1) is 33.4 Å². The monoisotopic (exact) mass is 861 g/mol. The van der Waals surface area contributed by atoms with Crippen LogP contribution in [-0.2, 0) is 27.3 Å². The number of carbonyl (C=O) groups excluding carboxylic acids is 3. The number of fused-ring (bicyclic) bond motifs is 1. The van der Waals surface area contributed by atoms with E-state index in [1.807, 2.05) is 12.1 Å². The average Bonchev–Trinajstić information content (AvgIpc) is 3.49. The van der Waals surface area contributed by atoms with E-state index in [1.165, 1.54) is 9.80 Å². The number of amides is 3. The highest BCUT2D eigenvalue weighted by atomic mass is 127. The quantitative estimate of drug-likeness (QED) is 0.131. The van der Waals surface area contributed by atoms with Gasteiger partial charge in [-0.2, -0.15) is 0 Å². The minimum absolute atomic E-state index is 0.0824. The number of phenolic OH excluding ortho intramolecular Hbond substituents is 1. The van der Waals surface area contributed by atoms with Crippen molar-refractivity contribution in [2.24, 2.45) is 0 Å². The van der Waals surface area contributed by atoms with E-state index in [4.69, 9.17) is 14.2 Å². The molecule has 3 aromatic carbocycles. The fourth-order valence-corrected chi connectivity index (χ4v) is 6.79. The second-order valence-corrected chi connectivity index (χ2v) is 12.8. The van der Waals surface area contributed by atoms with Gasteiger partial charge in [-0.15, -0.1) is 0 Å². The lowest BCUT2D eigenvalue weighted by Crippen LogP contribution is -2.62. The number of ether oxygens (including phenoxy) is 3. The predicted molar refractivity (Wildman–Crippen MR) is 182 cm³/mol. The maximum Gasteiger partial charge on any atom is 0.328 e. The topological polar surface area (TPSA) is 186 Å². The van der Waals surface area contributed by atoms with Crippen LogP contribution in [0.2, 0.25) is 0 Å². The lowest BCUT2D eigenvalue weighted by atomic mass is 10.1. The molecule has 0 saturated heterocycles. The zero-order chi connectivity index (χ0) is 33.2. The summed E-state index contributed by atoms with van der Waals surface area (Å²) in [4.78, 5) is 40.9. The smallest absolute Gasteiger partial charge is 0.328 e. The molecular formula is C31H35I2N4O9+. The molecule has 15 heteroatoms. The Morgan fingerprint density at radius 3 is 2.26 bits per heavy atom. The highest BCUT2D eigenvalue weighted by molar-refractivity contribution is 14.1. The molecule has 1 aliphatic heterocycles. The molecule has 46 heavy (non-hydrogen) atoms. The third-order valence-electron chi connectivity index (χ3n) is 6.94. The Kier molecular flexibility index (Phi) is 13.2. The number of hydrogen-bond acceptors (Lipinski definition) is 10. The average molecular weight is 861 g/mol. The fraction of sp³-hybridized carbons (Fsp3) is 0.323. The molecule has 3 amide bonds. The van der Waals surface area contributed by atoms with Gasteiger partial charge in [-0.1, -0.05) is 6.07 Å². The fourth-order valence-electron chi connectivity index (χ4n) is 4.67. The van der Waals surface area contributed by atoms with Gasteiger partial charge in [0, 0.05) is 19.1 Å². The van der Waals surface area contributed by atoms with Gasteiger partial charge >= 0.3 is 5.91 Å². The van der Waals surface area contributed by atoms with Crippen molar-refractivity contribution >= 4 is 62.9 Å². The molecule has 1 atom stereocenters. The van der Waals surface area contributed by atoms with E-state index in [9.17, 15) is 29.7 Å². The van der Waals surface area contributed by atoms with Gasteiger partial charge < -0.3 is 44.6 Å². The largest absolute Gasteiger partial charge is 0.508 e. The van der Waals surface area contributed by atoms with E-state index >= 15 is 0 Å². The number of rotatable bonds is 16. The summed E-state index contributed by atoms with van der Waals surface area (Å²) in [7, 11) is 0. The first-order valence-electron chi connectivity index (χ1n) is 14.2. The molecule has 0 radical (unpaired) electrons.